The molecule has 0 bridgehead atoms. The van der Waals surface area contributed by atoms with Gasteiger partial charge in [-0.15, -0.1) is 13.2 Å². The van der Waals surface area contributed by atoms with Crippen molar-refractivity contribution in [2.24, 2.45) is 11.8 Å². The van der Waals surface area contributed by atoms with Crippen LogP contribution in [0.5, 0.6) is 0 Å². The van der Waals surface area contributed by atoms with Crippen molar-refractivity contribution in [3.63, 3.8) is 0 Å². The van der Waals surface area contributed by atoms with Gasteiger partial charge in [-0.2, -0.15) is 13.2 Å². The molecule has 0 radical (unpaired) electrons. The molecule has 0 aliphatic rings. The lowest BCUT2D eigenvalue weighted by molar-refractivity contribution is -0.183. The number of carbonyl (C=O) groups excluding carboxylic acids is 1. The molecule has 0 aliphatic heterocycles. The molecular weight excluding hydrogens is 472 g/mol. The lowest BCUT2D eigenvalue weighted by atomic mass is 10.0. The van der Waals surface area contributed by atoms with Crippen LogP contribution in [0.3, 0.4) is 0 Å². The summed E-state index contributed by atoms with van der Waals surface area (Å²) in [4.78, 5) is 20.1. The number of phosphoric ester groups is 1. The second kappa shape index (κ2) is 22.3. The van der Waals surface area contributed by atoms with Gasteiger partial charge in [0.25, 0.3) is 0 Å². The Kier molecular flexibility index (Phi) is 24.6. The van der Waals surface area contributed by atoms with Gasteiger partial charge in [0.2, 0.25) is 0 Å². The van der Waals surface area contributed by atoms with Crippen molar-refractivity contribution in [1.82, 2.24) is 0 Å². The van der Waals surface area contributed by atoms with Crippen LogP contribution in [0, 0.1) is 11.8 Å². The second-order valence-electron chi connectivity index (χ2n) is 7.86. The van der Waals surface area contributed by atoms with Gasteiger partial charge in [-0.25, -0.2) is 9.36 Å². The van der Waals surface area contributed by atoms with E-state index in [1.807, 2.05) is 0 Å². The number of hydrogen-bond donors (Lipinski definition) is 1. The Morgan fingerprint density at radius 3 is 1.59 bits per heavy atom. The summed E-state index contributed by atoms with van der Waals surface area (Å²) in [5.74, 6) is -0.338. The molecule has 0 amide bonds. The van der Waals surface area contributed by atoms with Gasteiger partial charge in [0, 0.05) is 5.57 Å². The van der Waals surface area contributed by atoms with Crippen molar-refractivity contribution in [2.45, 2.75) is 92.2 Å². The highest BCUT2D eigenvalue weighted by molar-refractivity contribution is 7.47. The van der Waals surface area contributed by atoms with Gasteiger partial charge >= 0.3 is 20.0 Å². The summed E-state index contributed by atoms with van der Waals surface area (Å²) in [6.07, 6.45) is 4.09. The quantitative estimate of drug-likeness (QED) is 0.0964. The molecule has 2 atom stereocenters. The number of hydrogen-bond acceptors (Lipinski definition) is 5. The van der Waals surface area contributed by atoms with E-state index in [0.717, 1.165) is 51.4 Å². The highest BCUT2D eigenvalue weighted by Crippen LogP contribution is 2.44. The van der Waals surface area contributed by atoms with E-state index in [2.05, 4.69) is 52.2 Å². The molecule has 2 unspecified atom stereocenters. The number of carbonyl (C=O) groups is 1. The minimum atomic E-state index is -4.47. The zero-order valence-electron chi connectivity index (χ0n) is 21.6. The van der Waals surface area contributed by atoms with E-state index >= 15 is 0 Å². The zero-order chi connectivity index (χ0) is 27.2. The molecule has 0 saturated carbocycles. The molecule has 0 saturated heterocycles. The maximum Gasteiger partial charge on any atom is 0.472 e. The third-order valence-electron chi connectivity index (χ3n) is 4.75. The zero-order valence-corrected chi connectivity index (χ0v) is 22.5. The van der Waals surface area contributed by atoms with Crippen molar-refractivity contribution in [3.8, 4) is 0 Å². The number of halogens is 3. The third kappa shape index (κ3) is 25.5. The Bertz CT molecular complexity index is 545. The van der Waals surface area contributed by atoms with Crippen LogP contribution in [0.4, 0.5) is 13.2 Å². The SMILES string of the molecule is C=C.C=C(C)C(=O)OCC(F)(F)F.CCCCC(CC)COP(=O)(O)OCC(CC)CCCC. The Balaban J connectivity index is -0.000000621. The van der Waals surface area contributed by atoms with Gasteiger partial charge < -0.3 is 9.63 Å². The van der Waals surface area contributed by atoms with Crippen LogP contribution in [-0.2, 0) is 23.1 Å². The summed E-state index contributed by atoms with van der Waals surface area (Å²) in [6, 6.07) is 0. The van der Waals surface area contributed by atoms with Crippen molar-refractivity contribution in [2.75, 3.05) is 19.8 Å². The fraction of sp³-hybridized carbons (Fsp3) is 0.792. The maximum absolute atomic E-state index is 11.9. The summed E-state index contributed by atoms with van der Waals surface area (Å²) < 4.78 is 60.2. The van der Waals surface area contributed by atoms with Crippen LogP contribution < -0.4 is 0 Å². The number of ether oxygens (including phenoxy) is 1. The Labute approximate surface area is 204 Å². The Morgan fingerprint density at radius 1 is 0.941 bits per heavy atom. The van der Waals surface area contributed by atoms with Crippen LogP contribution in [0.1, 0.15) is 86.0 Å². The van der Waals surface area contributed by atoms with E-state index in [0.29, 0.717) is 25.0 Å². The lowest BCUT2D eigenvalue weighted by Crippen LogP contribution is -2.20. The second-order valence-corrected chi connectivity index (χ2v) is 9.32. The monoisotopic (exact) mass is 518 g/mol. The molecule has 0 aromatic heterocycles. The standard InChI is InChI=1S/C16H35O4P.C6H7F3O2.C2H4/c1-5-9-11-15(7-3)13-19-21(17,18)20-14-16(8-4)12-10-6-2;1-4(2)5(10)11-3-6(7,8)9;1-2/h15-16H,5-14H2,1-4H3,(H,17,18);1,3H2,2H3;1-2H2. The molecule has 6 nitrogen and oxygen atoms in total. The molecule has 1 N–H and O–H groups in total. The lowest BCUT2D eigenvalue weighted by Gasteiger charge is -2.20. The van der Waals surface area contributed by atoms with Crippen molar-refractivity contribution < 1.29 is 41.2 Å². The van der Waals surface area contributed by atoms with Crippen molar-refractivity contribution in [1.29, 1.82) is 0 Å². The van der Waals surface area contributed by atoms with E-state index < -0.39 is 26.6 Å². The minimum absolute atomic E-state index is 0.0470. The van der Waals surface area contributed by atoms with Crippen LogP contribution >= 0.6 is 7.82 Å². The molecule has 10 heteroatoms. The van der Waals surface area contributed by atoms with Gasteiger partial charge in [-0.3, -0.25) is 9.05 Å². The fourth-order valence-corrected chi connectivity index (χ4v) is 3.38. The molecule has 0 aromatic rings. The molecule has 34 heavy (non-hydrogen) atoms. The highest BCUT2D eigenvalue weighted by atomic mass is 31.2. The van der Waals surface area contributed by atoms with Crippen LogP contribution in [0.25, 0.3) is 0 Å². The largest absolute Gasteiger partial charge is 0.472 e. The Hall–Kier alpha value is -1.15. The summed E-state index contributed by atoms with van der Waals surface area (Å²) in [7, 11) is -3.89. The predicted molar refractivity (Wildman–Crippen MR) is 131 cm³/mol. The van der Waals surface area contributed by atoms with E-state index in [4.69, 9.17) is 9.05 Å². The molecule has 0 aromatic carbocycles. The molecule has 0 spiro atoms. The summed E-state index contributed by atoms with van der Waals surface area (Å²) in [6.45, 7) is 17.9. The molecule has 0 fully saturated rings. The van der Waals surface area contributed by atoms with E-state index in [-0.39, 0.29) is 5.57 Å². The van der Waals surface area contributed by atoms with Crippen LogP contribution in [-0.4, -0.2) is 36.9 Å². The summed E-state index contributed by atoms with van der Waals surface area (Å²) in [5, 5.41) is 0. The first-order chi connectivity index (χ1) is 15.8. The van der Waals surface area contributed by atoms with E-state index in [1.165, 1.54) is 6.92 Å². The van der Waals surface area contributed by atoms with Gasteiger partial charge in [-0.05, 0) is 31.6 Å². The average molecular weight is 519 g/mol. The van der Waals surface area contributed by atoms with Gasteiger partial charge in [-0.1, -0.05) is 72.8 Å². The van der Waals surface area contributed by atoms with Gasteiger partial charge in [0.15, 0.2) is 6.61 Å². The van der Waals surface area contributed by atoms with Gasteiger partial charge in [0.1, 0.15) is 0 Å². The maximum atomic E-state index is 11.9. The van der Waals surface area contributed by atoms with E-state index in [9.17, 15) is 27.4 Å². The van der Waals surface area contributed by atoms with E-state index in [1.54, 1.807) is 0 Å². The first-order valence-electron chi connectivity index (χ1n) is 11.8. The number of phosphoric acid groups is 1. The highest BCUT2D eigenvalue weighted by Gasteiger charge is 2.29. The van der Waals surface area contributed by atoms with Crippen LogP contribution in [0.15, 0.2) is 25.3 Å². The third-order valence-corrected chi connectivity index (χ3v) is 5.70. The molecule has 204 valence electrons. The summed E-state index contributed by atoms with van der Waals surface area (Å²) >= 11 is 0. The predicted octanol–water partition coefficient (Wildman–Crippen LogP) is 8.02. The van der Waals surface area contributed by atoms with Crippen molar-refractivity contribution in [3.05, 3.63) is 25.3 Å². The number of alkyl halides is 3. The molecule has 0 rings (SSSR count). The number of esters is 1. The first kappa shape index (κ1) is 37.4. The molecule has 0 aliphatic carbocycles. The van der Waals surface area contributed by atoms with Crippen molar-refractivity contribution >= 4 is 13.8 Å². The Morgan fingerprint density at radius 2 is 1.32 bits per heavy atom. The summed E-state index contributed by atoms with van der Waals surface area (Å²) in [5.41, 5.74) is -0.0470. The minimum Gasteiger partial charge on any atom is -0.453 e. The molecular formula is C24H46F3O6P. The van der Waals surface area contributed by atoms with Gasteiger partial charge in [0.05, 0.1) is 13.2 Å². The number of unbranched alkanes of at least 4 members (excludes halogenated alkanes) is 2. The normalized spacial score (nSPS) is 14.4. The molecule has 0 heterocycles. The van der Waals surface area contributed by atoms with Crippen LogP contribution in [0.2, 0.25) is 0 Å². The average Bonchev–Trinajstić information content (AvgIpc) is 2.79. The fourth-order valence-electron chi connectivity index (χ4n) is 2.50. The number of rotatable bonds is 16. The smallest absolute Gasteiger partial charge is 0.453 e. The topological polar surface area (TPSA) is 82.1 Å². The first-order valence-corrected chi connectivity index (χ1v) is 13.3.